The Kier molecular flexibility index (Phi) is 6.09. The zero-order valence-electron chi connectivity index (χ0n) is 17.1. The van der Waals surface area contributed by atoms with Gasteiger partial charge >= 0.3 is 0 Å². The average molecular weight is 406 g/mol. The molecule has 7 heteroatoms. The third-order valence-electron chi connectivity index (χ3n) is 5.53. The number of anilines is 1. The molecule has 0 spiro atoms. The lowest BCUT2D eigenvalue weighted by atomic mass is 9.92. The Morgan fingerprint density at radius 3 is 2.77 bits per heavy atom. The highest BCUT2D eigenvalue weighted by Gasteiger charge is 2.28. The summed E-state index contributed by atoms with van der Waals surface area (Å²) >= 11 is 0. The van der Waals surface area contributed by atoms with Crippen LogP contribution in [0.1, 0.15) is 41.6 Å². The number of carbonyl (C=O) groups excluding carboxylic acids is 1. The van der Waals surface area contributed by atoms with Crippen LogP contribution in [-0.2, 0) is 18.4 Å². The molecule has 0 radical (unpaired) electrons. The summed E-state index contributed by atoms with van der Waals surface area (Å²) in [7, 11) is 1.85. The number of nitrogens with zero attached hydrogens (tertiary/aromatic N) is 3. The second-order valence-corrected chi connectivity index (χ2v) is 7.76. The molecule has 3 N–H and O–H groups in total. The molecule has 0 bridgehead atoms. The van der Waals surface area contributed by atoms with Gasteiger partial charge < -0.3 is 15.8 Å². The van der Waals surface area contributed by atoms with Crippen molar-refractivity contribution in [2.75, 3.05) is 5.73 Å². The monoisotopic (exact) mass is 405 g/mol. The zero-order valence-corrected chi connectivity index (χ0v) is 17.1. The van der Waals surface area contributed by atoms with E-state index in [0.717, 1.165) is 42.4 Å². The topological polar surface area (TPSA) is 95.1 Å². The number of benzene rings is 1. The lowest BCUT2D eigenvalue weighted by Crippen LogP contribution is -2.46. The van der Waals surface area contributed by atoms with Crippen molar-refractivity contribution in [3.05, 3.63) is 66.1 Å². The van der Waals surface area contributed by atoms with Crippen molar-refractivity contribution in [3.8, 4) is 11.1 Å². The van der Waals surface area contributed by atoms with Crippen LogP contribution in [0.25, 0.3) is 11.1 Å². The van der Waals surface area contributed by atoms with Crippen LogP contribution in [0.15, 0.2) is 55.0 Å². The molecule has 0 aliphatic heterocycles. The third kappa shape index (κ3) is 4.68. The van der Waals surface area contributed by atoms with Gasteiger partial charge in [-0.05, 0) is 24.5 Å². The fourth-order valence-electron chi connectivity index (χ4n) is 3.87. The molecule has 3 aromatic rings. The first kappa shape index (κ1) is 20.1. The van der Waals surface area contributed by atoms with Gasteiger partial charge in [-0.3, -0.25) is 9.48 Å². The van der Waals surface area contributed by atoms with Crippen LogP contribution < -0.4 is 11.1 Å². The molecule has 2 heterocycles. The Balaban J connectivity index is 1.46. The number of hydrogen-bond donors (Lipinski definition) is 2. The number of aromatic nitrogens is 3. The predicted octanol–water partition coefficient (Wildman–Crippen LogP) is 3.32. The molecule has 1 amide bonds. The fourth-order valence-corrected chi connectivity index (χ4v) is 3.87. The first-order valence-electron chi connectivity index (χ1n) is 10.3. The second kappa shape index (κ2) is 9.09. The summed E-state index contributed by atoms with van der Waals surface area (Å²) in [6.07, 6.45) is 9.26. The van der Waals surface area contributed by atoms with E-state index in [0.29, 0.717) is 12.2 Å². The minimum absolute atomic E-state index is 0.0152. The summed E-state index contributed by atoms with van der Waals surface area (Å²) in [5.74, 6) is 0.00338. The highest BCUT2D eigenvalue weighted by atomic mass is 16.5. The Bertz CT molecular complexity index is 1000. The molecular weight excluding hydrogens is 378 g/mol. The van der Waals surface area contributed by atoms with E-state index in [2.05, 4.69) is 15.4 Å². The van der Waals surface area contributed by atoms with Crippen LogP contribution in [0.5, 0.6) is 0 Å². The molecule has 1 saturated carbocycles. The molecule has 1 fully saturated rings. The van der Waals surface area contributed by atoms with Gasteiger partial charge in [-0.1, -0.05) is 43.2 Å². The van der Waals surface area contributed by atoms with Crippen molar-refractivity contribution in [1.82, 2.24) is 20.1 Å². The summed E-state index contributed by atoms with van der Waals surface area (Å²) in [6.45, 7) is 0.540. The molecule has 4 rings (SSSR count). The molecule has 2 unspecified atom stereocenters. The van der Waals surface area contributed by atoms with Gasteiger partial charge in [0.25, 0.3) is 5.91 Å². The molecule has 0 saturated heterocycles. The molecule has 1 aromatic carbocycles. The SMILES string of the molecule is Cn1cc(-c2cnc(N)c(C(=O)NC3CCCCC3OCc3ccccc3)c2)cn1. The largest absolute Gasteiger partial charge is 0.383 e. The van der Waals surface area contributed by atoms with E-state index in [1.54, 1.807) is 23.1 Å². The Morgan fingerprint density at radius 1 is 1.20 bits per heavy atom. The Hall–Kier alpha value is -3.19. The molecule has 2 atom stereocenters. The maximum Gasteiger partial charge on any atom is 0.255 e. The van der Waals surface area contributed by atoms with Crippen LogP contribution in [0, 0.1) is 0 Å². The summed E-state index contributed by atoms with van der Waals surface area (Å²) in [5, 5.41) is 7.32. The molecule has 1 aliphatic carbocycles. The summed E-state index contributed by atoms with van der Waals surface area (Å²) in [6, 6.07) is 11.8. The highest BCUT2D eigenvalue weighted by Crippen LogP contribution is 2.25. The number of nitrogens with two attached hydrogens (primary N) is 1. The molecule has 7 nitrogen and oxygen atoms in total. The lowest BCUT2D eigenvalue weighted by molar-refractivity contribution is -0.00460. The van der Waals surface area contributed by atoms with E-state index < -0.39 is 0 Å². The van der Waals surface area contributed by atoms with Gasteiger partial charge in [-0.2, -0.15) is 5.10 Å². The minimum atomic E-state index is -0.217. The smallest absolute Gasteiger partial charge is 0.255 e. The van der Waals surface area contributed by atoms with E-state index in [9.17, 15) is 4.79 Å². The number of rotatable bonds is 6. The fraction of sp³-hybridized carbons (Fsp3) is 0.348. The predicted molar refractivity (Wildman–Crippen MR) is 116 cm³/mol. The number of aryl methyl sites for hydroxylation is 1. The lowest BCUT2D eigenvalue weighted by Gasteiger charge is -2.32. The number of hydrogen-bond acceptors (Lipinski definition) is 5. The minimum Gasteiger partial charge on any atom is -0.383 e. The van der Waals surface area contributed by atoms with E-state index in [4.69, 9.17) is 10.5 Å². The Labute approximate surface area is 176 Å². The number of amides is 1. The van der Waals surface area contributed by atoms with E-state index >= 15 is 0 Å². The summed E-state index contributed by atoms with van der Waals surface area (Å²) < 4.78 is 7.88. The van der Waals surface area contributed by atoms with E-state index in [-0.39, 0.29) is 23.9 Å². The molecule has 30 heavy (non-hydrogen) atoms. The maximum absolute atomic E-state index is 13.0. The van der Waals surface area contributed by atoms with Crippen molar-refractivity contribution >= 4 is 11.7 Å². The third-order valence-corrected chi connectivity index (χ3v) is 5.53. The molecule has 156 valence electrons. The molecular formula is C23H27N5O2. The normalized spacial score (nSPS) is 18.8. The van der Waals surface area contributed by atoms with Gasteiger partial charge in [0, 0.05) is 30.6 Å². The summed E-state index contributed by atoms with van der Waals surface area (Å²) in [4.78, 5) is 17.3. The Morgan fingerprint density at radius 2 is 2.00 bits per heavy atom. The van der Waals surface area contributed by atoms with Crippen molar-refractivity contribution in [2.45, 2.75) is 44.4 Å². The van der Waals surface area contributed by atoms with Gasteiger partial charge in [0.05, 0.1) is 30.5 Å². The number of ether oxygens (including phenoxy) is 1. The standard InChI is InChI=1S/C23H27N5O2/c1-28-14-18(13-26-28)17-11-19(22(24)25-12-17)23(29)27-20-9-5-6-10-21(20)30-15-16-7-3-2-4-8-16/h2-4,7-8,11-14,20-21H,5-6,9-10,15H2,1H3,(H2,24,25)(H,27,29). The van der Waals surface area contributed by atoms with Crippen molar-refractivity contribution in [3.63, 3.8) is 0 Å². The van der Waals surface area contributed by atoms with Gasteiger partial charge in [0.1, 0.15) is 5.82 Å². The van der Waals surface area contributed by atoms with Crippen LogP contribution in [0.2, 0.25) is 0 Å². The first-order valence-corrected chi connectivity index (χ1v) is 10.3. The van der Waals surface area contributed by atoms with Crippen molar-refractivity contribution < 1.29 is 9.53 Å². The molecule has 2 aromatic heterocycles. The average Bonchev–Trinajstić information content (AvgIpc) is 3.20. The van der Waals surface area contributed by atoms with Crippen LogP contribution in [-0.4, -0.2) is 32.8 Å². The quantitative estimate of drug-likeness (QED) is 0.656. The van der Waals surface area contributed by atoms with Crippen molar-refractivity contribution in [1.29, 1.82) is 0 Å². The van der Waals surface area contributed by atoms with E-state index in [1.165, 1.54) is 0 Å². The second-order valence-electron chi connectivity index (χ2n) is 7.76. The number of pyridine rings is 1. The zero-order chi connectivity index (χ0) is 20.9. The maximum atomic E-state index is 13.0. The number of carbonyl (C=O) groups is 1. The van der Waals surface area contributed by atoms with Gasteiger partial charge in [0.2, 0.25) is 0 Å². The van der Waals surface area contributed by atoms with E-state index in [1.807, 2.05) is 43.6 Å². The van der Waals surface area contributed by atoms with Crippen LogP contribution in [0.3, 0.4) is 0 Å². The summed E-state index contributed by atoms with van der Waals surface area (Å²) in [5.41, 5.74) is 9.23. The highest BCUT2D eigenvalue weighted by molar-refractivity contribution is 5.99. The molecule has 1 aliphatic rings. The van der Waals surface area contributed by atoms with Gasteiger partial charge in [-0.25, -0.2) is 4.98 Å². The van der Waals surface area contributed by atoms with Gasteiger partial charge in [0.15, 0.2) is 0 Å². The first-order chi connectivity index (χ1) is 14.6. The van der Waals surface area contributed by atoms with Crippen LogP contribution >= 0.6 is 0 Å². The van der Waals surface area contributed by atoms with Crippen molar-refractivity contribution in [2.24, 2.45) is 7.05 Å². The number of nitrogen functional groups attached to an aromatic ring is 1. The van der Waals surface area contributed by atoms with Gasteiger partial charge in [-0.15, -0.1) is 0 Å². The van der Waals surface area contributed by atoms with Crippen LogP contribution in [0.4, 0.5) is 5.82 Å². The number of nitrogens with one attached hydrogen (secondary N) is 1.